The van der Waals surface area contributed by atoms with E-state index in [0.717, 1.165) is 12.1 Å². The molecule has 118 valence electrons. The number of ether oxygens (including phenoxy) is 1. The minimum atomic E-state index is -1.50. The van der Waals surface area contributed by atoms with Crippen LogP contribution in [0.3, 0.4) is 0 Å². The molecule has 0 saturated heterocycles. The zero-order chi connectivity index (χ0) is 17.0. The molecule has 7 heteroatoms. The third kappa shape index (κ3) is 3.91. The number of hydrogen-bond donors (Lipinski definition) is 0. The molecule has 2 rings (SSSR count). The summed E-state index contributed by atoms with van der Waals surface area (Å²) in [6.07, 6.45) is 0. The van der Waals surface area contributed by atoms with Crippen LogP contribution in [0.2, 0.25) is 0 Å². The summed E-state index contributed by atoms with van der Waals surface area (Å²) in [5.74, 6) is -1.38. The van der Waals surface area contributed by atoms with Crippen molar-refractivity contribution < 1.29 is 24.4 Å². The Morgan fingerprint density at radius 3 is 2.17 bits per heavy atom. The van der Waals surface area contributed by atoms with Gasteiger partial charge in [0.1, 0.15) is 5.75 Å². The molecule has 7 nitrogen and oxygen atoms in total. The van der Waals surface area contributed by atoms with Gasteiger partial charge >= 0.3 is 0 Å². The molecule has 0 bridgehead atoms. The Bertz CT molecular complexity index is 767. The monoisotopic (exact) mass is 314 g/mol. The fraction of sp³-hybridized carbons (Fsp3) is 0.125. The van der Waals surface area contributed by atoms with E-state index in [1.54, 1.807) is 12.1 Å². The lowest BCUT2D eigenvalue weighted by Crippen LogP contribution is -2.23. The van der Waals surface area contributed by atoms with E-state index in [-0.39, 0.29) is 16.7 Å². The first-order valence-electron chi connectivity index (χ1n) is 6.56. The van der Waals surface area contributed by atoms with Gasteiger partial charge in [-0.2, -0.15) is 0 Å². The molecule has 2 aromatic carbocycles. The minimum absolute atomic E-state index is 0.0497. The van der Waals surface area contributed by atoms with E-state index >= 15 is 0 Å². The fourth-order valence-electron chi connectivity index (χ4n) is 2.09. The number of carboxylic acid groups (broad SMARTS) is 1. The van der Waals surface area contributed by atoms with Crippen molar-refractivity contribution in [3.8, 4) is 5.75 Å². The Morgan fingerprint density at radius 1 is 1.04 bits per heavy atom. The van der Waals surface area contributed by atoms with E-state index in [9.17, 15) is 24.8 Å². The Balaban J connectivity index is 2.43. The second-order valence-corrected chi connectivity index (χ2v) is 4.75. The zero-order valence-electron chi connectivity index (χ0n) is 12.1. The van der Waals surface area contributed by atoms with Gasteiger partial charge in [0.15, 0.2) is 5.78 Å². The largest absolute Gasteiger partial charge is 0.545 e. The van der Waals surface area contributed by atoms with E-state index in [0.29, 0.717) is 11.3 Å². The molecule has 0 unspecified atom stereocenters. The number of nitrogens with zero attached hydrogens (tertiary/aromatic N) is 1. The number of carbonyl (C=O) groups excluding carboxylic acids is 2. The van der Waals surface area contributed by atoms with Gasteiger partial charge in [-0.1, -0.05) is 0 Å². The van der Waals surface area contributed by atoms with Crippen LogP contribution in [0.1, 0.15) is 31.8 Å². The molecule has 0 aliphatic carbocycles. The molecule has 0 amide bonds. The normalized spacial score (nSPS) is 10.1. The van der Waals surface area contributed by atoms with Crippen LogP contribution in [-0.4, -0.2) is 23.8 Å². The SMILES string of the molecule is COc1ccc(C(=O)c2cc(C[N+](=O)[O-])cc(C(=O)[O-])c2)cc1. The van der Waals surface area contributed by atoms with Crippen LogP contribution in [0, 0.1) is 10.1 Å². The third-order valence-electron chi connectivity index (χ3n) is 3.15. The van der Waals surface area contributed by atoms with E-state index < -0.39 is 23.2 Å². The summed E-state index contributed by atoms with van der Waals surface area (Å²) in [6.45, 7) is -0.579. The van der Waals surface area contributed by atoms with E-state index in [1.165, 1.54) is 25.3 Å². The van der Waals surface area contributed by atoms with Crippen molar-refractivity contribution in [2.75, 3.05) is 7.11 Å². The topological polar surface area (TPSA) is 110 Å². The van der Waals surface area contributed by atoms with Gasteiger partial charge < -0.3 is 14.6 Å². The van der Waals surface area contributed by atoms with Crippen molar-refractivity contribution in [3.63, 3.8) is 0 Å². The second kappa shape index (κ2) is 6.69. The first-order valence-corrected chi connectivity index (χ1v) is 6.56. The molecule has 0 atom stereocenters. The lowest BCUT2D eigenvalue weighted by atomic mass is 9.98. The average molecular weight is 314 g/mol. The first kappa shape index (κ1) is 16.2. The lowest BCUT2D eigenvalue weighted by Gasteiger charge is -2.09. The second-order valence-electron chi connectivity index (χ2n) is 4.75. The molecular formula is C16H12NO6-. The van der Waals surface area contributed by atoms with Crippen LogP contribution in [-0.2, 0) is 6.54 Å². The molecule has 0 radical (unpaired) electrons. The van der Waals surface area contributed by atoms with E-state index in [4.69, 9.17) is 4.74 Å². The molecule has 0 spiro atoms. The molecule has 2 aromatic rings. The smallest absolute Gasteiger partial charge is 0.228 e. The van der Waals surface area contributed by atoms with Crippen LogP contribution in [0.5, 0.6) is 5.75 Å². The molecule has 0 heterocycles. The van der Waals surface area contributed by atoms with Crippen molar-refractivity contribution in [3.05, 3.63) is 74.8 Å². The van der Waals surface area contributed by atoms with Gasteiger partial charge in [0.2, 0.25) is 6.54 Å². The maximum atomic E-state index is 12.4. The molecule has 0 N–H and O–H groups in total. The van der Waals surface area contributed by atoms with E-state index in [2.05, 4.69) is 0 Å². The Morgan fingerprint density at radius 2 is 1.65 bits per heavy atom. The maximum absolute atomic E-state index is 12.4. The van der Waals surface area contributed by atoms with Gasteiger partial charge in [0, 0.05) is 21.6 Å². The number of carbonyl (C=O) groups is 2. The predicted octanol–water partition coefficient (Wildman–Crippen LogP) is 1.07. The molecule has 0 aliphatic rings. The number of hydrogen-bond acceptors (Lipinski definition) is 6. The summed E-state index contributed by atoms with van der Waals surface area (Å²) in [5, 5.41) is 21.6. The Kier molecular flexibility index (Phi) is 4.70. The summed E-state index contributed by atoms with van der Waals surface area (Å²) in [4.78, 5) is 33.5. The predicted molar refractivity (Wildman–Crippen MR) is 77.9 cm³/mol. The highest BCUT2D eigenvalue weighted by Gasteiger charge is 2.14. The Labute approximate surface area is 131 Å². The summed E-state index contributed by atoms with van der Waals surface area (Å²) < 4.78 is 5.00. The third-order valence-corrected chi connectivity index (χ3v) is 3.15. The zero-order valence-corrected chi connectivity index (χ0v) is 12.1. The van der Waals surface area contributed by atoms with Crippen LogP contribution >= 0.6 is 0 Å². The lowest BCUT2D eigenvalue weighted by molar-refractivity contribution is -0.496. The number of carboxylic acids is 1. The standard InChI is InChI=1S/C16H13NO6/c1-23-14-4-2-11(3-5-14)15(18)12-6-10(9-17(21)22)7-13(8-12)16(19)20/h2-8H,9H2,1H3,(H,19,20)/p-1. The van der Waals surface area contributed by atoms with Gasteiger partial charge in [-0.3, -0.25) is 14.9 Å². The molecule has 0 fully saturated rings. The molecule has 23 heavy (non-hydrogen) atoms. The summed E-state index contributed by atoms with van der Waals surface area (Å²) in [5.41, 5.74) is 0.205. The molecule has 0 aliphatic heterocycles. The van der Waals surface area contributed by atoms with Crippen LogP contribution < -0.4 is 9.84 Å². The minimum Gasteiger partial charge on any atom is -0.545 e. The summed E-state index contributed by atoms with van der Waals surface area (Å²) in [7, 11) is 1.49. The number of methoxy groups -OCH3 is 1. The maximum Gasteiger partial charge on any atom is 0.228 e. The number of aromatic carboxylic acids is 1. The van der Waals surface area contributed by atoms with Crippen molar-refractivity contribution in [2.24, 2.45) is 0 Å². The highest BCUT2D eigenvalue weighted by atomic mass is 16.6. The highest BCUT2D eigenvalue weighted by Crippen LogP contribution is 2.18. The summed E-state index contributed by atoms with van der Waals surface area (Å²) in [6, 6.07) is 9.82. The van der Waals surface area contributed by atoms with Crippen LogP contribution in [0.15, 0.2) is 42.5 Å². The molecule has 0 saturated carbocycles. The average Bonchev–Trinajstić information content (AvgIpc) is 2.53. The first-order chi connectivity index (χ1) is 10.9. The van der Waals surface area contributed by atoms with E-state index in [1.807, 2.05) is 0 Å². The van der Waals surface area contributed by atoms with Gasteiger partial charge in [0.25, 0.3) is 0 Å². The van der Waals surface area contributed by atoms with Gasteiger partial charge in [-0.25, -0.2) is 0 Å². The fourth-order valence-corrected chi connectivity index (χ4v) is 2.09. The summed E-state index contributed by atoms with van der Waals surface area (Å²) >= 11 is 0. The number of nitro groups is 1. The van der Waals surface area contributed by atoms with Crippen molar-refractivity contribution in [2.45, 2.75) is 6.54 Å². The number of rotatable bonds is 6. The van der Waals surface area contributed by atoms with Gasteiger partial charge in [-0.05, 0) is 48.0 Å². The molecular weight excluding hydrogens is 302 g/mol. The quantitative estimate of drug-likeness (QED) is 0.448. The molecule has 0 aromatic heterocycles. The van der Waals surface area contributed by atoms with Crippen LogP contribution in [0.4, 0.5) is 0 Å². The van der Waals surface area contributed by atoms with Crippen molar-refractivity contribution in [1.82, 2.24) is 0 Å². The van der Waals surface area contributed by atoms with Gasteiger partial charge in [-0.15, -0.1) is 0 Å². The Hall–Kier alpha value is -3.22. The van der Waals surface area contributed by atoms with Crippen molar-refractivity contribution >= 4 is 11.8 Å². The number of ketones is 1. The van der Waals surface area contributed by atoms with Crippen LogP contribution in [0.25, 0.3) is 0 Å². The van der Waals surface area contributed by atoms with Crippen molar-refractivity contribution in [1.29, 1.82) is 0 Å². The number of benzene rings is 2. The highest BCUT2D eigenvalue weighted by molar-refractivity contribution is 6.10. The van der Waals surface area contributed by atoms with Gasteiger partial charge in [0.05, 0.1) is 13.1 Å².